The van der Waals surface area contributed by atoms with Crippen molar-refractivity contribution < 1.29 is 19.0 Å². The van der Waals surface area contributed by atoms with Crippen molar-refractivity contribution in [1.29, 1.82) is 5.26 Å². The second kappa shape index (κ2) is 17.5. The zero-order valence-corrected chi connectivity index (χ0v) is 31.0. The van der Waals surface area contributed by atoms with Gasteiger partial charge < -0.3 is 19.1 Å². The number of hydrogen-bond donors (Lipinski definition) is 0. The van der Waals surface area contributed by atoms with Crippen LogP contribution in [0.5, 0.6) is 23.1 Å². The molecule has 53 heavy (non-hydrogen) atoms. The third-order valence-corrected chi connectivity index (χ3v) is 9.27. The molecule has 1 aliphatic heterocycles. The van der Waals surface area contributed by atoms with Gasteiger partial charge in [-0.3, -0.25) is 9.69 Å². The number of hydrogen-bond acceptors (Lipinski definition) is 7. The van der Waals surface area contributed by atoms with E-state index < -0.39 is 0 Å². The number of piperazine rings is 1. The molecule has 1 fully saturated rings. The Balaban J connectivity index is 0.931. The van der Waals surface area contributed by atoms with Crippen LogP contribution in [0, 0.1) is 39.0 Å². The summed E-state index contributed by atoms with van der Waals surface area (Å²) in [4.78, 5) is 21.9. The largest absolute Gasteiger partial charge is 0.493 e. The highest BCUT2D eigenvalue weighted by atomic mass is 16.5. The van der Waals surface area contributed by atoms with Crippen LogP contribution in [0.2, 0.25) is 0 Å². The smallest absolute Gasteiger partial charge is 0.246 e. The van der Waals surface area contributed by atoms with Gasteiger partial charge in [0.05, 0.1) is 24.4 Å². The van der Waals surface area contributed by atoms with Gasteiger partial charge >= 0.3 is 0 Å². The number of aryl methyl sites for hydroxylation is 4. The Morgan fingerprint density at radius 1 is 0.774 bits per heavy atom. The highest BCUT2D eigenvalue weighted by molar-refractivity contribution is 5.92. The number of pyridine rings is 1. The van der Waals surface area contributed by atoms with Crippen molar-refractivity contribution in [2.24, 2.45) is 0 Å². The van der Waals surface area contributed by atoms with Crippen molar-refractivity contribution >= 4 is 12.0 Å². The first-order chi connectivity index (χ1) is 25.7. The van der Waals surface area contributed by atoms with Gasteiger partial charge in [-0.1, -0.05) is 42.5 Å². The maximum absolute atomic E-state index is 13.1. The molecule has 0 bridgehead atoms. The van der Waals surface area contributed by atoms with Crippen molar-refractivity contribution in [1.82, 2.24) is 14.8 Å². The topological polar surface area (TPSA) is 87.9 Å². The minimum absolute atomic E-state index is 0.0263. The van der Waals surface area contributed by atoms with Crippen LogP contribution in [-0.2, 0) is 24.4 Å². The first-order valence-corrected chi connectivity index (χ1v) is 18.1. The van der Waals surface area contributed by atoms with E-state index in [2.05, 4.69) is 72.3 Å². The lowest BCUT2D eigenvalue weighted by molar-refractivity contribution is -0.127. The van der Waals surface area contributed by atoms with Gasteiger partial charge in [-0.2, -0.15) is 5.26 Å². The summed E-state index contributed by atoms with van der Waals surface area (Å²) in [6.07, 6.45) is 6.05. The van der Waals surface area contributed by atoms with Gasteiger partial charge in [-0.25, -0.2) is 4.98 Å². The number of nitrogens with zero attached hydrogens (tertiary/aromatic N) is 4. The van der Waals surface area contributed by atoms with Crippen LogP contribution < -0.4 is 14.2 Å². The Labute approximate surface area is 312 Å². The average Bonchev–Trinajstić information content (AvgIpc) is 3.16. The standard InChI is InChI=1S/C45H46N4O4/c1-32-23-33(2)25-42(24-32)51-22-17-36-5-9-38(10-6-36)30-48-18-20-49(21-19-48)44(50)16-13-40-26-34(3)45(35(4)27-40)53-43-15-14-41(29-47-43)52-31-39-11-7-37(28-46)8-12-39/h5-16,23-27,29H,17-22,30-31H2,1-4H3. The lowest BCUT2D eigenvalue weighted by atomic mass is 10.1. The summed E-state index contributed by atoms with van der Waals surface area (Å²) in [5, 5.41) is 8.97. The number of amides is 1. The molecule has 0 saturated carbocycles. The van der Waals surface area contributed by atoms with Gasteiger partial charge in [-0.15, -0.1) is 0 Å². The third kappa shape index (κ3) is 10.6. The summed E-state index contributed by atoms with van der Waals surface area (Å²) >= 11 is 0. The molecule has 5 aromatic rings. The van der Waals surface area contributed by atoms with E-state index in [4.69, 9.17) is 19.5 Å². The molecule has 0 radical (unpaired) electrons. The van der Waals surface area contributed by atoms with Crippen LogP contribution >= 0.6 is 0 Å². The third-order valence-electron chi connectivity index (χ3n) is 9.27. The predicted octanol–water partition coefficient (Wildman–Crippen LogP) is 8.54. The fourth-order valence-corrected chi connectivity index (χ4v) is 6.47. The molecular weight excluding hydrogens is 661 g/mol. The molecule has 1 amide bonds. The zero-order chi connectivity index (χ0) is 37.2. The molecule has 1 saturated heterocycles. The molecule has 8 nitrogen and oxygen atoms in total. The molecule has 0 atom stereocenters. The molecule has 0 spiro atoms. The van der Waals surface area contributed by atoms with Gasteiger partial charge in [0.25, 0.3) is 0 Å². The van der Waals surface area contributed by atoms with Gasteiger partial charge in [0.15, 0.2) is 0 Å². The quantitative estimate of drug-likeness (QED) is 0.113. The van der Waals surface area contributed by atoms with Crippen molar-refractivity contribution in [2.45, 2.75) is 47.3 Å². The minimum atomic E-state index is 0.0263. The molecule has 0 unspecified atom stereocenters. The van der Waals surface area contributed by atoms with E-state index in [0.717, 1.165) is 59.8 Å². The van der Waals surface area contributed by atoms with Crippen LogP contribution in [0.25, 0.3) is 6.08 Å². The van der Waals surface area contributed by atoms with Crippen molar-refractivity contribution in [3.8, 4) is 29.2 Å². The van der Waals surface area contributed by atoms with Crippen LogP contribution in [0.1, 0.15) is 50.1 Å². The fraction of sp³-hybridized carbons (Fsp3) is 0.267. The number of rotatable bonds is 13. The number of nitriles is 1. The van der Waals surface area contributed by atoms with E-state index in [-0.39, 0.29) is 5.91 Å². The second-order valence-corrected chi connectivity index (χ2v) is 13.7. The molecule has 0 N–H and O–H groups in total. The summed E-state index contributed by atoms with van der Waals surface area (Å²) in [5.74, 6) is 2.78. The van der Waals surface area contributed by atoms with Crippen LogP contribution in [0.3, 0.4) is 0 Å². The van der Waals surface area contributed by atoms with Gasteiger partial charge in [0, 0.05) is 51.3 Å². The number of carbonyl (C=O) groups is 1. The number of aromatic nitrogens is 1. The molecule has 4 aromatic carbocycles. The van der Waals surface area contributed by atoms with E-state index in [1.54, 1.807) is 30.5 Å². The summed E-state index contributed by atoms with van der Waals surface area (Å²) in [6.45, 7) is 13.2. The number of benzene rings is 4. The SMILES string of the molecule is Cc1cc(C)cc(OCCc2ccc(CN3CCN(C(=O)C=Cc4cc(C)c(Oc5ccc(OCc6ccc(C#N)cc6)cn5)c(C)c4)CC3)cc2)c1. The van der Waals surface area contributed by atoms with Gasteiger partial charge in [0.2, 0.25) is 11.8 Å². The molecule has 8 heteroatoms. The fourth-order valence-electron chi connectivity index (χ4n) is 6.47. The van der Waals surface area contributed by atoms with Crippen molar-refractivity contribution in [3.63, 3.8) is 0 Å². The molecule has 2 heterocycles. The van der Waals surface area contributed by atoms with E-state index in [0.29, 0.717) is 43.5 Å². The maximum atomic E-state index is 13.1. The molecular formula is C45H46N4O4. The number of ether oxygens (including phenoxy) is 3. The summed E-state index contributed by atoms with van der Waals surface area (Å²) in [5.41, 5.74) is 9.40. The second-order valence-electron chi connectivity index (χ2n) is 13.7. The van der Waals surface area contributed by atoms with Crippen LogP contribution in [0.15, 0.2) is 103 Å². The first kappa shape index (κ1) is 36.9. The highest BCUT2D eigenvalue weighted by Crippen LogP contribution is 2.30. The number of carbonyl (C=O) groups excluding carboxylic acids is 1. The normalized spacial score (nSPS) is 13.2. The average molecular weight is 707 g/mol. The van der Waals surface area contributed by atoms with Crippen molar-refractivity contribution in [2.75, 3.05) is 32.8 Å². The Morgan fingerprint density at radius 2 is 1.43 bits per heavy atom. The summed E-state index contributed by atoms with van der Waals surface area (Å²) in [7, 11) is 0. The van der Waals surface area contributed by atoms with Gasteiger partial charge in [0.1, 0.15) is 23.9 Å². The Kier molecular flexibility index (Phi) is 12.2. The molecule has 6 rings (SSSR count). The Bertz CT molecular complexity index is 2030. The summed E-state index contributed by atoms with van der Waals surface area (Å²) in [6, 6.07) is 32.2. The molecule has 1 aromatic heterocycles. The summed E-state index contributed by atoms with van der Waals surface area (Å²) < 4.78 is 18.0. The zero-order valence-electron chi connectivity index (χ0n) is 31.0. The molecule has 1 aliphatic rings. The van der Waals surface area contributed by atoms with Crippen LogP contribution in [-0.4, -0.2) is 53.5 Å². The van der Waals surface area contributed by atoms with Crippen molar-refractivity contribution in [3.05, 3.63) is 153 Å². The molecule has 270 valence electrons. The maximum Gasteiger partial charge on any atom is 0.246 e. The minimum Gasteiger partial charge on any atom is -0.493 e. The van der Waals surface area contributed by atoms with E-state index in [1.165, 1.54) is 22.3 Å². The van der Waals surface area contributed by atoms with Gasteiger partial charge in [-0.05, 0) is 121 Å². The lowest BCUT2D eigenvalue weighted by Crippen LogP contribution is -2.47. The van der Waals surface area contributed by atoms with E-state index in [1.807, 2.05) is 55.2 Å². The Morgan fingerprint density at radius 3 is 2.08 bits per heavy atom. The lowest BCUT2D eigenvalue weighted by Gasteiger charge is -2.34. The molecule has 0 aliphatic carbocycles. The Hall–Kier alpha value is -5.91. The van der Waals surface area contributed by atoms with E-state index >= 15 is 0 Å². The van der Waals surface area contributed by atoms with Crippen LogP contribution in [0.4, 0.5) is 0 Å². The van der Waals surface area contributed by atoms with E-state index in [9.17, 15) is 4.79 Å². The highest BCUT2D eigenvalue weighted by Gasteiger charge is 2.20. The predicted molar refractivity (Wildman–Crippen MR) is 208 cm³/mol. The first-order valence-electron chi connectivity index (χ1n) is 18.1. The monoisotopic (exact) mass is 706 g/mol.